The van der Waals surface area contributed by atoms with Crippen LogP contribution in [0.2, 0.25) is 0 Å². The van der Waals surface area contributed by atoms with Crippen LogP contribution in [0.4, 0.5) is 5.82 Å². The predicted octanol–water partition coefficient (Wildman–Crippen LogP) is -5.39. The van der Waals surface area contributed by atoms with Crippen molar-refractivity contribution >= 4 is 5.82 Å². The van der Waals surface area contributed by atoms with Gasteiger partial charge in [-0.1, -0.05) is 6.07 Å². The summed E-state index contributed by atoms with van der Waals surface area (Å²) in [5.41, 5.74) is 0. The highest BCUT2D eigenvalue weighted by Crippen LogP contribution is 2.31. The maximum Gasteiger partial charge on any atom is 0.187 e. The molecule has 2 fully saturated rings. The van der Waals surface area contributed by atoms with Gasteiger partial charge >= 0.3 is 0 Å². The van der Waals surface area contributed by atoms with Crippen LogP contribution in [0.3, 0.4) is 0 Å². The molecule has 39 heavy (non-hydrogen) atoms. The molecule has 2 aliphatic rings. The van der Waals surface area contributed by atoms with Crippen molar-refractivity contribution in [1.82, 2.24) is 4.98 Å². The highest BCUT2D eigenvalue weighted by molar-refractivity contribution is 5.33. The SMILES string of the molecule is C[C@@H]1O[C@@H](O[C@H]2[C@H](O[C@@H]([C@H](O)[C@@H](O)CNc3ccccn3)[C@H](O)CO)O[C@H](CO)[C@H](O)[C@@H]2O)[C@@H](O)[C@H](O)[C@@H]1O. The lowest BCUT2D eigenvalue weighted by Crippen LogP contribution is -2.65. The van der Waals surface area contributed by atoms with Crippen molar-refractivity contribution in [3.05, 3.63) is 24.4 Å². The molecule has 0 spiro atoms. The van der Waals surface area contributed by atoms with Crippen molar-refractivity contribution in [2.24, 2.45) is 0 Å². The average Bonchev–Trinajstić information content (AvgIpc) is 2.94. The molecule has 11 N–H and O–H groups in total. The zero-order valence-electron chi connectivity index (χ0n) is 21.1. The van der Waals surface area contributed by atoms with Crippen LogP contribution in [-0.4, -0.2) is 162 Å². The fourth-order valence-electron chi connectivity index (χ4n) is 4.27. The van der Waals surface area contributed by atoms with Gasteiger partial charge in [-0.2, -0.15) is 0 Å². The minimum atomic E-state index is -1.86. The van der Waals surface area contributed by atoms with E-state index in [4.69, 9.17) is 18.9 Å². The van der Waals surface area contributed by atoms with Crippen LogP contribution >= 0.6 is 0 Å². The second kappa shape index (κ2) is 14.3. The smallest absolute Gasteiger partial charge is 0.187 e. The molecule has 1 aromatic heterocycles. The quantitative estimate of drug-likeness (QED) is 0.113. The molecular formula is C23H38N2O14. The summed E-state index contributed by atoms with van der Waals surface area (Å²) < 4.78 is 22.1. The van der Waals surface area contributed by atoms with Crippen LogP contribution in [0.15, 0.2) is 24.4 Å². The van der Waals surface area contributed by atoms with Crippen molar-refractivity contribution in [1.29, 1.82) is 0 Å². The minimum Gasteiger partial charge on any atom is -0.394 e. The molecule has 3 rings (SSSR count). The van der Waals surface area contributed by atoms with Crippen LogP contribution in [-0.2, 0) is 18.9 Å². The normalized spacial score (nSPS) is 38.5. The number of aliphatic hydroxyl groups excluding tert-OH is 10. The Balaban J connectivity index is 1.79. The second-order valence-electron chi connectivity index (χ2n) is 9.49. The van der Waals surface area contributed by atoms with Gasteiger partial charge in [-0.3, -0.25) is 0 Å². The summed E-state index contributed by atoms with van der Waals surface area (Å²) in [4.78, 5) is 4.02. The summed E-state index contributed by atoms with van der Waals surface area (Å²) in [5.74, 6) is 0.378. The first-order chi connectivity index (χ1) is 18.5. The van der Waals surface area contributed by atoms with Crippen LogP contribution < -0.4 is 5.32 Å². The van der Waals surface area contributed by atoms with Crippen molar-refractivity contribution < 1.29 is 70.0 Å². The van der Waals surface area contributed by atoms with Gasteiger partial charge in [-0.05, 0) is 19.1 Å². The zero-order chi connectivity index (χ0) is 28.9. The number of nitrogens with zero attached hydrogens (tertiary/aromatic N) is 1. The lowest BCUT2D eigenvalue weighted by atomic mass is 9.97. The molecule has 1 aromatic rings. The van der Waals surface area contributed by atoms with E-state index in [0.29, 0.717) is 5.82 Å². The Morgan fingerprint density at radius 1 is 0.897 bits per heavy atom. The van der Waals surface area contributed by atoms with E-state index in [2.05, 4.69) is 10.3 Å². The lowest BCUT2D eigenvalue weighted by molar-refractivity contribution is -0.375. The molecule has 0 aliphatic carbocycles. The Kier molecular flexibility index (Phi) is 11.7. The van der Waals surface area contributed by atoms with E-state index in [1.807, 2.05) is 0 Å². The average molecular weight is 567 g/mol. The number of hydrogen-bond donors (Lipinski definition) is 11. The number of rotatable bonds is 12. The van der Waals surface area contributed by atoms with E-state index in [9.17, 15) is 51.1 Å². The molecule has 14 atom stereocenters. The molecule has 0 bridgehead atoms. The second-order valence-corrected chi connectivity index (χ2v) is 9.49. The summed E-state index contributed by atoms with van der Waals surface area (Å²) in [5, 5.41) is 105. The van der Waals surface area contributed by atoms with Crippen LogP contribution in [0, 0.1) is 0 Å². The minimum absolute atomic E-state index is 0.261. The van der Waals surface area contributed by atoms with Gasteiger partial charge in [0.2, 0.25) is 0 Å². The van der Waals surface area contributed by atoms with Crippen LogP contribution in [0.1, 0.15) is 6.92 Å². The molecule has 16 heteroatoms. The maximum atomic E-state index is 10.8. The fraction of sp³-hybridized carbons (Fsp3) is 0.783. The van der Waals surface area contributed by atoms with Crippen molar-refractivity contribution in [2.75, 3.05) is 25.1 Å². The van der Waals surface area contributed by atoms with Gasteiger partial charge in [0, 0.05) is 12.7 Å². The van der Waals surface area contributed by atoms with E-state index in [1.165, 1.54) is 13.1 Å². The highest BCUT2D eigenvalue weighted by Gasteiger charge is 2.51. The molecule has 0 saturated carbocycles. The van der Waals surface area contributed by atoms with Gasteiger partial charge in [0.25, 0.3) is 0 Å². The fourth-order valence-corrected chi connectivity index (χ4v) is 4.27. The van der Waals surface area contributed by atoms with Crippen molar-refractivity contribution in [2.45, 2.75) is 92.8 Å². The largest absolute Gasteiger partial charge is 0.394 e. The highest BCUT2D eigenvalue weighted by atomic mass is 16.8. The molecule has 2 aliphatic heterocycles. The third-order valence-corrected chi connectivity index (χ3v) is 6.67. The number of hydrogen-bond acceptors (Lipinski definition) is 16. The lowest BCUT2D eigenvalue weighted by Gasteiger charge is -2.46. The Labute approximate surface area is 223 Å². The molecule has 0 radical (unpaired) electrons. The summed E-state index contributed by atoms with van der Waals surface area (Å²) in [6, 6.07) is 4.96. The number of pyridine rings is 1. The first-order valence-corrected chi connectivity index (χ1v) is 12.4. The van der Waals surface area contributed by atoms with Gasteiger partial charge in [-0.25, -0.2) is 4.98 Å². The number of anilines is 1. The van der Waals surface area contributed by atoms with Gasteiger partial charge in [0.05, 0.1) is 25.4 Å². The van der Waals surface area contributed by atoms with E-state index in [-0.39, 0.29) is 6.54 Å². The van der Waals surface area contributed by atoms with Crippen LogP contribution in [0.25, 0.3) is 0 Å². The van der Waals surface area contributed by atoms with E-state index >= 15 is 0 Å². The maximum absolute atomic E-state index is 10.8. The molecule has 0 unspecified atom stereocenters. The standard InChI is InChI=1S/C23H38N2O14/c1-9-14(30)17(33)19(35)22(36-9)39-21-18(34)16(32)12(8-27)37-23(21)38-20(11(29)7-26)15(31)10(28)6-25-13-4-2-3-5-24-13/h2-5,9-12,14-23,26-35H,6-8H2,1H3,(H,24,25)/t9-,10-,11+,12+,14+,15+,16-,17+,18-,19-,20+,21+,22-,23-/m0/s1. The van der Waals surface area contributed by atoms with E-state index < -0.39 is 99.0 Å². The Morgan fingerprint density at radius 3 is 2.23 bits per heavy atom. The summed E-state index contributed by atoms with van der Waals surface area (Å²) in [6.45, 7) is -0.593. The summed E-state index contributed by atoms with van der Waals surface area (Å²) in [6.07, 6.45) is -21.7. The van der Waals surface area contributed by atoms with E-state index in [0.717, 1.165) is 0 Å². The van der Waals surface area contributed by atoms with Crippen molar-refractivity contribution in [3.8, 4) is 0 Å². The topological polar surface area (TPSA) is 264 Å². The third kappa shape index (κ3) is 7.57. The Morgan fingerprint density at radius 2 is 1.62 bits per heavy atom. The molecule has 0 amide bonds. The Hall–Kier alpha value is -1.61. The van der Waals surface area contributed by atoms with Gasteiger partial charge in [0.1, 0.15) is 66.9 Å². The van der Waals surface area contributed by atoms with Gasteiger partial charge < -0.3 is 75.3 Å². The van der Waals surface area contributed by atoms with Gasteiger partial charge in [0.15, 0.2) is 12.6 Å². The molecular weight excluding hydrogens is 528 g/mol. The van der Waals surface area contributed by atoms with E-state index in [1.54, 1.807) is 18.2 Å². The number of aliphatic hydroxyl groups is 10. The number of aromatic nitrogens is 1. The predicted molar refractivity (Wildman–Crippen MR) is 128 cm³/mol. The zero-order valence-corrected chi connectivity index (χ0v) is 21.1. The monoisotopic (exact) mass is 566 g/mol. The molecule has 3 heterocycles. The first kappa shape index (κ1) is 31.9. The number of nitrogens with one attached hydrogen (secondary N) is 1. The first-order valence-electron chi connectivity index (χ1n) is 12.4. The molecule has 224 valence electrons. The summed E-state index contributed by atoms with van der Waals surface area (Å²) in [7, 11) is 0. The third-order valence-electron chi connectivity index (χ3n) is 6.67. The van der Waals surface area contributed by atoms with Crippen molar-refractivity contribution in [3.63, 3.8) is 0 Å². The number of ether oxygens (including phenoxy) is 4. The molecule has 0 aromatic carbocycles. The Bertz CT molecular complexity index is 857. The molecule has 2 saturated heterocycles. The summed E-state index contributed by atoms with van der Waals surface area (Å²) >= 11 is 0. The van der Waals surface area contributed by atoms with Gasteiger partial charge in [-0.15, -0.1) is 0 Å². The molecule has 16 nitrogen and oxygen atoms in total. The van der Waals surface area contributed by atoms with Crippen LogP contribution in [0.5, 0.6) is 0 Å².